The molecule has 0 heterocycles. The first-order valence-electron chi connectivity index (χ1n) is 6.99. The molecule has 2 unspecified atom stereocenters. The maximum atomic E-state index is 12.3. The number of anilines is 1. The molecule has 4 N–H and O–H groups in total. The number of nitrogen functional groups attached to an aromatic ring is 1. The van der Waals surface area contributed by atoms with E-state index in [4.69, 9.17) is 5.73 Å². The molecule has 1 aromatic rings. The lowest BCUT2D eigenvalue weighted by Gasteiger charge is -2.17. The van der Waals surface area contributed by atoms with Gasteiger partial charge >= 0.3 is 0 Å². The van der Waals surface area contributed by atoms with Gasteiger partial charge in [0.2, 0.25) is 10.0 Å². The molecule has 0 bridgehead atoms. The van der Waals surface area contributed by atoms with E-state index >= 15 is 0 Å². The van der Waals surface area contributed by atoms with Gasteiger partial charge in [0, 0.05) is 6.04 Å². The van der Waals surface area contributed by atoms with E-state index in [9.17, 15) is 13.5 Å². The molecule has 5 nitrogen and oxygen atoms in total. The normalized spacial score (nSPS) is 24.2. The molecule has 0 amide bonds. The summed E-state index contributed by atoms with van der Waals surface area (Å²) in [6, 6.07) is 3.95. The van der Waals surface area contributed by atoms with Gasteiger partial charge in [-0.1, -0.05) is 19.8 Å². The van der Waals surface area contributed by atoms with E-state index in [2.05, 4.69) is 11.6 Å². The maximum absolute atomic E-state index is 12.3. The molecule has 2 rings (SSSR count). The van der Waals surface area contributed by atoms with Gasteiger partial charge in [0.1, 0.15) is 5.75 Å². The number of sulfonamides is 1. The maximum Gasteiger partial charge on any atom is 0.240 e. The van der Waals surface area contributed by atoms with E-state index in [0.29, 0.717) is 5.92 Å². The number of phenols is 1. The van der Waals surface area contributed by atoms with E-state index in [1.165, 1.54) is 18.2 Å². The predicted octanol–water partition coefficient (Wildman–Crippen LogP) is 2.22. The minimum Gasteiger partial charge on any atom is -0.506 e. The Labute approximate surface area is 120 Å². The third kappa shape index (κ3) is 3.64. The van der Waals surface area contributed by atoms with Crippen LogP contribution in [0.15, 0.2) is 23.1 Å². The topological polar surface area (TPSA) is 92.4 Å². The third-order valence-corrected chi connectivity index (χ3v) is 5.41. The van der Waals surface area contributed by atoms with Crippen molar-refractivity contribution in [2.24, 2.45) is 5.92 Å². The Bertz CT molecular complexity index is 572. The molecule has 1 fully saturated rings. The summed E-state index contributed by atoms with van der Waals surface area (Å²) in [5, 5.41) is 9.36. The fourth-order valence-corrected chi connectivity index (χ4v) is 3.93. The molecule has 2 atom stereocenters. The Hall–Kier alpha value is -1.27. The lowest BCUT2D eigenvalue weighted by atomic mass is 10.0. The van der Waals surface area contributed by atoms with Crippen molar-refractivity contribution >= 4 is 15.7 Å². The van der Waals surface area contributed by atoms with Crippen molar-refractivity contribution in [2.45, 2.75) is 50.0 Å². The van der Waals surface area contributed by atoms with E-state index in [1.807, 2.05) is 0 Å². The Morgan fingerprint density at radius 2 is 2.00 bits per heavy atom. The number of aromatic hydroxyl groups is 1. The zero-order chi connectivity index (χ0) is 14.8. The molecule has 0 radical (unpaired) electrons. The van der Waals surface area contributed by atoms with Crippen molar-refractivity contribution in [3.63, 3.8) is 0 Å². The quantitative estimate of drug-likeness (QED) is 0.453. The number of phenolic OH excluding ortho intramolecular Hbond substituents is 1. The van der Waals surface area contributed by atoms with Crippen molar-refractivity contribution in [1.29, 1.82) is 0 Å². The highest BCUT2D eigenvalue weighted by molar-refractivity contribution is 7.89. The van der Waals surface area contributed by atoms with Crippen LogP contribution >= 0.6 is 0 Å². The highest BCUT2D eigenvalue weighted by atomic mass is 32.2. The van der Waals surface area contributed by atoms with Gasteiger partial charge in [-0.15, -0.1) is 0 Å². The van der Waals surface area contributed by atoms with Crippen LogP contribution in [-0.2, 0) is 10.0 Å². The van der Waals surface area contributed by atoms with Crippen molar-refractivity contribution < 1.29 is 13.5 Å². The number of nitrogens with one attached hydrogen (secondary N) is 1. The molecule has 1 aliphatic rings. The second kappa shape index (κ2) is 6.01. The van der Waals surface area contributed by atoms with E-state index in [-0.39, 0.29) is 22.4 Å². The van der Waals surface area contributed by atoms with Gasteiger partial charge in [-0.05, 0) is 43.4 Å². The minimum absolute atomic E-state index is 0.0139. The van der Waals surface area contributed by atoms with Gasteiger partial charge in [0.05, 0.1) is 10.6 Å². The Morgan fingerprint density at radius 3 is 2.70 bits per heavy atom. The van der Waals surface area contributed by atoms with E-state index < -0.39 is 10.0 Å². The van der Waals surface area contributed by atoms with Gasteiger partial charge in [-0.25, -0.2) is 13.1 Å². The van der Waals surface area contributed by atoms with Crippen molar-refractivity contribution in [3.05, 3.63) is 18.2 Å². The van der Waals surface area contributed by atoms with Crippen LogP contribution in [0.3, 0.4) is 0 Å². The van der Waals surface area contributed by atoms with Gasteiger partial charge < -0.3 is 10.8 Å². The first kappa shape index (κ1) is 15.1. The zero-order valence-corrected chi connectivity index (χ0v) is 12.5. The molecule has 1 saturated carbocycles. The van der Waals surface area contributed by atoms with E-state index in [0.717, 1.165) is 32.1 Å². The third-order valence-electron chi connectivity index (χ3n) is 3.89. The summed E-state index contributed by atoms with van der Waals surface area (Å²) >= 11 is 0. The Balaban J connectivity index is 2.12. The predicted molar refractivity (Wildman–Crippen MR) is 78.9 cm³/mol. The average Bonchev–Trinajstić information content (AvgIpc) is 2.57. The number of nitrogens with two attached hydrogens (primary N) is 1. The SMILES string of the molecule is CC1CCCC(NS(=O)(=O)c2ccc(O)c(N)c2)CC1. The van der Waals surface area contributed by atoms with Crippen molar-refractivity contribution in [2.75, 3.05) is 5.73 Å². The average molecular weight is 298 g/mol. The lowest BCUT2D eigenvalue weighted by molar-refractivity contribution is 0.477. The molecule has 20 heavy (non-hydrogen) atoms. The van der Waals surface area contributed by atoms with Gasteiger partial charge in [-0.2, -0.15) is 0 Å². The highest BCUT2D eigenvalue weighted by Crippen LogP contribution is 2.26. The van der Waals surface area contributed by atoms with Gasteiger partial charge in [0.15, 0.2) is 0 Å². The number of hydrogen-bond acceptors (Lipinski definition) is 4. The first-order chi connectivity index (χ1) is 9.38. The summed E-state index contributed by atoms with van der Waals surface area (Å²) in [5.41, 5.74) is 5.62. The molecule has 0 spiro atoms. The monoisotopic (exact) mass is 298 g/mol. The minimum atomic E-state index is -3.57. The second-order valence-corrected chi connectivity index (χ2v) is 7.37. The molecule has 0 aliphatic heterocycles. The van der Waals surface area contributed by atoms with Crippen molar-refractivity contribution in [3.8, 4) is 5.75 Å². The van der Waals surface area contributed by atoms with Crippen LogP contribution in [0.25, 0.3) is 0 Å². The van der Waals surface area contributed by atoms with E-state index in [1.54, 1.807) is 0 Å². The summed E-state index contributed by atoms with van der Waals surface area (Å²) in [4.78, 5) is 0.102. The molecule has 1 aliphatic carbocycles. The standard InChI is InChI=1S/C14H22N2O3S/c1-10-3-2-4-11(6-5-10)16-20(18,19)12-7-8-14(17)13(15)9-12/h7-11,16-17H,2-6,15H2,1H3. The first-order valence-corrected chi connectivity index (χ1v) is 8.47. The number of benzene rings is 1. The highest BCUT2D eigenvalue weighted by Gasteiger charge is 2.23. The lowest BCUT2D eigenvalue weighted by Crippen LogP contribution is -2.34. The number of rotatable bonds is 3. The molecule has 1 aromatic carbocycles. The van der Waals surface area contributed by atoms with Gasteiger partial charge in [0.25, 0.3) is 0 Å². The summed E-state index contributed by atoms with van der Waals surface area (Å²) in [7, 11) is -3.57. The summed E-state index contributed by atoms with van der Waals surface area (Å²) < 4.78 is 27.4. The van der Waals surface area contributed by atoms with Crippen molar-refractivity contribution in [1.82, 2.24) is 4.72 Å². The Morgan fingerprint density at radius 1 is 1.25 bits per heavy atom. The number of hydrogen-bond donors (Lipinski definition) is 3. The van der Waals surface area contributed by atoms with Crippen LogP contribution in [0, 0.1) is 5.92 Å². The van der Waals surface area contributed by atoms with Gasteiger partial charge in [-0.3, -0.25) is 0 Å². The van der Waals surface area contributed by atoms with Crippen LogP contribution < -0.4 is 10.5 Å². The molecular formula is C14H22N2O3S. The summed E-state index contributed by atoms with van der Waals surface area (Å²) in [5.74, 6) is 0.557. The van der Waals surface area contributed by atoms with Crippen LogP contribution in [0.2, 0.25) is 0 Å². The largest absolute Gasteiger partial charge is 0.506 e. The van der Waals surface area contributed by atoms with Crippen LogP contribution in [0.1, 0.15) is 39.0 Å². The van der Waals surface area contributed by atoms with Crippen LogP contribution in [0.4, 0.5) is 5.69 Å². The molecule has 6 heteroatoms. The fraction of sp³-hybridized carbons (Fsp3) is 0.571. The molecule has 112 valence electrons. The van der Waals surface area contributed by atoms with Crippen LogP contribution in [-0.4, -0.2) is 19.6 Å². The summed E-state index contributed by atoms with van der Waals surface area (Å²) in [6.07, 6.45) is 4.99. The fourth-order valence-electron chi connectivity index (χ4n) is 2.59. The zero-order valence-electron chi connectivity index (χ0n) is 11.7. The Kier molecular flexibility index (Phi) is 4.55. The van der Waals surface area contributed by atoms with Crippen LogP contribution in [0.5, 0.6) is 5.75 Å². The molecule has 0 saturated heterocycles. The smallest absolute Gasteiger partial charge is 0.240 e. The molecule has 0 aromatic heterocycles. The summed E-state index contributed by atoms with van der Waals surface area (Å²) in [6.45, 7) is 2.21. The second-order valence-electron chi connectivity index (χ2n) is 5.65. The molecular weight excluding hydrogens is 276 g/mol.